The Labute approximate surface area is 181 Å². The van der Waals surface area contributed by atoms with Crippen molar-refractivity contribution in [3.05, 3.63) is 0 Å². The maximum Gasteiger partial charge on any atom is 0.149 e. The Hall–Kier alpha value is 0.347. The Morgan fingerprint density at radius 3 is 1.21 bits per heavy atom. The third kappa shape index (κ3) is 1.56. The van der Waals surface area contributed by atoms with Gasteiger partial charge in [-0.05, 0) is 74.0 Å². The maximum atomic E-state index is 2.99. The highest BCUT2D eigenvalue weighted by Gasteiger charge is 2.90. The van der Waals surface area contributed by atoms with Crippen molar-refractivity contribution in [2.45, 2.75) is 124 Å². The van der Waals surface area contributed by atoms with Gasteiger partial charge in [-0.2, -0.15) is 0 Å². The molecular weight excluding hydrogens is 362 g/mol. The molecule has 0 nitrogen and oxygen atoms in total. The van der Waals surface area contributed by atoms with Gasteiger partial charge in [0.2, 0.25) is 0 Å². The van der Waals surface area contributed by atoms with Crippen molar-refractivity contribution in [3.8, 4) is 0 Å². The SMILES string of the molecule is CC12B3CC4CC5CC(C4)CC3(C5)C(C)(B3CC4CC5CC(C4)CC31C5)[Si]2(C)C. The Balaban J connectivity index is 1.42. The molecular formula is C26H42B2Si. The quantitative estimate of drug-likeness (QED) is 0.367. The summed E-state index contributed by atoms with van der Waals surface area (Å²) in [6, 6.07) is 0. The lowest BCUT2D eigenvalue weighted by molar-refractivity contribution is 0.108. The summed E-state index contributed by atoms with van der Waals surface area (Å²) in [6.45, 7) is 14.1. The molecule has 10 fully saturated rings. The van der Waals surface area contributed by atoms with Crippen molar-refractivity contribution < 1.29 is 0 Å². The highest BCUT2D eigenvalue weighted by atomic mass is 28.3. The largest absolute Gasteiger partial charge is 0.149 e. The predicted octanol–water partition coefficient (Wildman–Crippen LogP) is 7.47. The molecule has 0 aromatic heterocycles. The van der Waals surface area contributed by atoms with Crippen molar-refractivity contribution >= 4 is 21.5 Å². The molecule has 3 heteroatoms. The zero-order valence-corrected chi connectivity index (χ0v) is 20.6. The molecule has 10 aliphatic rings. The van der Waals surface area contributed by atoms with Crippen LogP contribution in [0.1, 0.15) is 78.1 Å². The van der Waals surface area contributed by atoms with E-state index in [-0.39, 0.29) is 0 Å². The van der Waals surface area contributed by atoms with Gasteiger partial charge in [0.15, 0.2) is 0 Å². The molecule has 6 aliphatic heterocycles. The van der Waals surface area contributed by atoms with Crippen LogP contribution in [0.3, 0.4) is 0 Å². The summed E-state index contributed by atoms with van der Waals surface area (Å²) >= 11 is 0. The summed E-state index contributed by atoms with van der Waals surface area (Å²) in [4.78, 5) is 1.49. The van der Waals surface area contributed by atoms with Gasteiger partial charge < -0.3 is 0 Å². The Bertz CT molecular complexity index is 715. The lowest BCUT2D eigenvalue weighted by atomic mass is 9.02. The molecule has 156 valence electrons. The maximum absolute atomic E-state index is 2.99. The van der Waals surface area contributed by atoms with Gasteiger partial charge in [-0.15, -0.1) is 0 Å². The Morgan fingerprint density at radius 1 is 0.552 bits per heavy atom. The van der Waals surface area contributed by atoms with Crippen LogP contribution in [0.25, 0.3) is 0 Å². The zero-order chi connectivity index (χ0) is 19.6. The van der Waals surface area contributed by atoms with Gasteiger partial charge in [-0.25, -0.2) is 0 Å². The van der Waals surface area contributed by atoms with E-state index in [1.165, 1.54) is 0 Å². The lowest BCUT2D eigenvalue weighted by Gasteiger charge is -2.64. The fraction of sp³-hybridized carbons (Fsp3) is 1.00. The molecule has 29 heavy (non-hydrogen) atoms. The van der Waals surface area contributed by atoms with Gasteiger partial charge in [0.25, 0.3) is 0 Å². The lowest BCUT2D eigenvalue weighted by Crippen LogP contribution is -2.58. The highest BCUT2D eigenvalue weighted by molar-refractivity contribution is 7.13. The van der Waals surface area contributed by atoms with E-state index in [1.807, 2.05) is 0 Å². The molecule has 0 N–H and O–H groups in total. The van der Waals surface area contributed by atoms with E-state index >= 15 is 0 Å². The van der Waals surface area contributed by atoms with E-state index in [4.69, 9.17) is 0 Å². The van der Waals surface area contributed by atoms with Crippen LogP contribution in [0.2, 0.25) is 46.2 Å². The predicted molar refractivity (Wildman–Crippen MR) is 128 cm³/mol. The first-order valence-corrected chi connectivity index (χ1v) is 16.7. The van der Waals surface area contributed by atoms with Crippen molar-refractivity contribution in [2.24, 2.45) is 35.5 Å². The molecule has 6 atom stereocenters. The van der Waals surface area contributed by atoms with Crippen molar-refractivity contribution in [1.29, 1.82) is 0 Å². The second kappa shape index (κ2) is 4.82. The van der Waals surface area contributed by atoms with Crippen LogP contribution >= 0.6 is 0 Å². The van der Waals surface area contributed by atoms with Gasteiger partial charge >= 0.3 is 0 Å². The number of hydrogen-bond donors (Lipinski definition) is 0. The summed E-state index contributed by atoms with van der Waals surface area (Å²) in [5.74, 6) is 6.72. The number of rotatable bonds is 0. The Morgan fingerprint density at radius 2 is 0.862 bits per heavy atom. The van der Waals surface area contributed by atoms with E-state index < -0.39 is 8.07 Å². The van der Waals surface area contributed by atoms with Crippen molar-refractivity contribution in [1.82, 2.24) is 0 Å². The highest BCUT2D eigenvalue weighted by Crippen LogP contribution is 2.97. The molecule has 4 saturated carbocycles. The first-order valence-electron chi connectivity index (χ1n) is 13.7. The van der Waals surface area contributed by atoms with Gasteiger partial charge in [0.05, 0.1) is 0 Å². The van der Waals surface area contributed by atoms with Gasteiger partial charge in [0, 0.05) is 8.07 Å². The minimum atomic E-state index is -1.38. The van der Waals surface area contributed by atoms with E-state index in [9.17, 15) is 0 Å². The molecule has 0 aromatic carbocycles. The second-order valence-corrected chi connectivity index (χ2v) is 20.7. The standard InChI is InChI=1S/C26H42B2Si/c1-23-25-11-17-5-18(12-25)8-22(7-17)16-28(25)24(2,29(23,3)4)26-13-19-6-20(14-26)10-21(9-19)15-27(23)26/h17-22H,5-16H2,1-4H3. The third-order valence-electron chi connectivity index (χ3n) is 15.1. The zero-order valence-electron chi connectivity index (χ0n) is 19.6. The van der Waals surface area contributed by atoms with Crippen LogP contribution in [-0.4, -0.2) is 21.5 Å². The summed E-state index contributed by atoms with van der Waals surface area (Å²) < 4.78 is 0. The van der Waals surface area contributed by atoms with Crippen LogP contribution in [0, 0.1) is 35.5 Å². The smallest absolute Gasteiger partial charge is 0.0706 e. The van der Waals surface area contributed by atoms with Gasteiger partial charge in [-0.1, -0.05) is 85.8 Å². The first-order chi connectivity index (χ1) is 13.7. The minimum absolute atomic E-state index is 0.745. The Kier molecular flexibility index (Phi) is 2.96. The van der Waals surface area contributed by atoms with Crippen molar-refractivity contribution in [2.75, 3.05) is 0 Å². The van der Waals surface area contributed by atoms with Gasteiger partial charge in [0.1, 0.15) is 13.4 Å². The first kappa shape index (κ1) is 17.8. The van der Waals surface area contributed by atoms with Gasteiger partial charge in [-0.3, -0.25) is 0 Å². The van der Waals surface area contributed by atoms with E-state index in [0.717, 1.165) is 69.4 Å². The minimum Gasteiger partial charge on any atom is -0.0706 e. The van der Waals surface area contributed by atoms with Crippen LogP contribution in [0.15, 0.2) is 0 Å². The normalized spacial score (nSPS) is 65.0. The van der Waals surface area contributed by atoms with Crippen LogP contribution in [-0.2, 0) is 0 Å². The van der Waals surface area contributed by atoms with E-state index in [1.54, 1.807) is 76.8 Å². The van der Waals surface area contributed by atoms with Crippen LogP contribution in [0.5, 0.6) is 0 Å². The fourth-order valence-electron chi connectivity index (χ4n) is 14.9. The van der Waals surface area contributed by atoms with E-state index in [2.05, 4.69) is 26.9 Å². The summed E-state index contributed by atoms with van der Waals surface area (Å²) in [5, 5.41) is 1.54. The summed E-state index contributed by atoms with van der Waals surface area (Å²) in [5.41, 5.74) is 0. The number of fused-ring (bicyclic) bond motifs is 2. The molecule has 0 amide bonds. The van der Waals surface area contributed by atoms with E-state index in [0.29, 0.717) is 0 Å². The molecule has 10 bridgehead atoms. The molecule has 6 heterocycles. The van der Waals surface area contributed by atoms with Crippen LogP contribution in [0.4, 0.5) is 0 Å². The summed E-state index contributed by atoms with van der Waals surface area (Å²) in [6.07, 6.45) is 19.8. The average Bonchev–Trinajstić information content (AvgIpc) is 2.87. The molecule has 6 unspecified atom stereocenters. The molecule has 6 saturated heterocycles. The van der Waals surface area contributed by atoms with Crippen LogP contribution < -0.4 is 0 Å². The summed E-state index contributed by atoms with van der Waals surface area (Å²) in [7, 11) is -1.38. The molecule has 2 spiro atoms. The molecule has 4 aliphatic carbocycles. The second-order valence-electron chi connectivity index (χ2n) is 15.3. The molecule has 0 aromatic rings. The third-order valence-corrected chi connectivity index (χ3v) is 22.0. The average molecular weight is 404 g/mol. The van der Waals surface area contributed by atoms with Crippen molar-refractivity contribution in [3.63, 3.8) is 0 Å². The monoisotopic (exact) mass is 404 g/mol. The topological polar surface area (TPSA) is 0 Å². The fourth-order valence-corrected chi connectivity index (χ4v) is 21.7. The molecule has 10 rings (SSSR count). The number of hydrogen-bond acceptors (Lipinski definition) is 0. The molecule has 0 radical (unpaired) electrons.